The zero-order chi connectivity index (χ0) is 14.1. The van der Waals surface area contributed by atoms with Gasteiger partial charge in [-0.05, 0) is 6.92 Å². The standard InChI is InChI=1S/C10H15NO7/c1-4(12)8-7(11-5(2)13)6(14)3-10(17,18-8)9(15)16/h6-8,14,17H,3H2,1-2H3,(H,11,13)(H,15,16)/p-1/t6-,7+,8-,10+/m0/s1. The van der Waals surface area contributed by atoms with Crippen molar-refractivity contribution in [3.63, 3.8) is 0 Å². The molecule has 0 saturated carbocycles. The Morgan fingerprint density at radius 2 is 1.94 bits per heavy atom. The molecule has 0 aromatic heterocycles. The van der Waals surface area contributed by atoms with Crippen LogP contribution in [0.5, 0.6) is 0 Å². The molecule has 1 aliphatic rings. The maximum atomic E-state index is 11.3. The molecule has 0 spiro atoms. The van der Waals surface area contributed by atoms with Crippen molar-refractivity contribution in [2.24, 2.45) is 0 Å². The second kappa shape index (κ2) is 5.01. The number of aliphatic hydroxyl groups excluding tert-OH is 1. The molecule has 0 aliphatic carbocycles. The Labute approximate surface area is 103 Å². The van der Waals surface area contributed by atoms with Gasteiger partial charge in [0.05, 0.1) is 12.1 Å². The fraction of sp³-hybridized carbons (Fsp3) is 0.700. The molecule has 0 unspecified atom stereocenters. The number of ketones is 1. The average Bonchev–Trinajstić information content (AvgIpc) is 2.20. The van der Waals surface area contributed by atoms with Crippen LogP contribution >= 0.6 is 0 Å². The Morgan fingerprint density at radius 3 is 2.33 bits per heavy atom. The van der Waals surface area contributed by atoms with E-state index in [1.54, 1.807) is 0 Å². The van der Waals surface area contributed by atoms with Crippen LogP contribution < -0.4 is 10.4 Å². The SMILES string of the molecule is CC(=O)N[C@@H]1[C@@H](O)C[C@](O)(C(=O)[O-])O[C@H]1C(C)=O. The number of rotatable bonds is 3. The lowest BCUT2D eigenvalue weighted by Gasteiger charge is -2.43. The van der Waals surface area contributed by atoms with Crippen molar-refractivity contribution in [3.8, 4) is 0 Å². The van der Waals surface area contributed by atoms with E-state index in [1.807, 2.05) is 0 Å². The van der Waals surface area contributed by atoms with Crippen LogP contribution in [0.15, 0.2) is 0 Å². The van der Waals surface area contributed by atoms with Crippen LogP contribution in [0.3, 0.4) is 0 Å². The van der Waals surface area contributed by atoms with Crippen molar-refractivity contribution >= 4 is 17.7 Å². The summed E-state index contributed by atoms with van der Waals surface area (Å²) in [6.07, 6.45) is -3.61. The number of nitrogens with one attached hydrogen (secondary N) is 1. The minimum absolute atomic E-state index is 0.521. The number of Topliss-reactive ketones (excluding diaryl/α,β-unsaturated/α-hetero) is 1. The van der Waals surface area contributed by atoms with Crippen molar-refractivity contribution in [3.05, 3.63) is 0 Å². The van der Waals surface area contributed by atoms with Gasteiger partial charge in [0.15, 0.2) is 5.78 Å². The summed E-state index contributed by atoms with van der Waals surface area (Å²) in [5.74, 6) is -5.85. The van der Waals surface area contributed by atoms with Crippen LogP contribution in [0, 0.1) is 0 Å². The zero-order valence-corrected chi connectivity index (χ0v) is 9.87. The number of carbonyl (C=O) groups excluding carboxylic acids is 3. The van der Waals surface area contributed by atoms with Gasteiger partial charge in [-0.2, -0.15) is 0 Å². The Morgan fingerprint density at radius 1 is 1.39 bits per heavy atom. The minimum atomic E-state index is -2.75. The van der Waals surface area contributed by atoms with Crippen LogP contribution in [-0.2, 0) is 19.1 Å². The molecule has 8 nitrogen and oxygen atoms in total. The maximum Gasteiger partial charge on any atom is 0.217 e. The number of aliphatic hydroxyl groups is 2. The molecule has 0 aromatic carbocycles. The third-order valence-corrected chi connectivity index (χ3v) is 2.64. The quantitative estimate of drug-likeness (QED) is 0.482. The predicted octanol–water partition coefficient (Wildman–Crippen LogP) is -3.33. The first-order valence-corrected chi connectivity index (χ1v) is 5.24. The van der Waals surface area contributed by atoms with Gasteiger partial charge in [0.25, 0.3) is 0 Å². The molecule has 0 bridgehead atoms. The molecule has 1 aliphatic heterocycles. The first-order chi connectivity index (χ1) is 8.17. The highest BCUT2D eigenvalue weighted by Crippen LogP contribution is 2.27. The van der Waals surface area contributed by atoms with Crippen molar-refractivity contribution in [1.82, 2.24) is 5.32 Å². The van der Waals surface area contributed by atoms with Crippen LogP contribution in [0.2, 0.25) is 0 Å². The molecule has 102 valence electrons. The molecule has 1 saturated heterocycles. The lowest BCUT2D eigenvalue weighted by molar-refractivity contribution is -0.366. The number of carboxylic acids is 1. The predicted molar refractivity (Wildman–Crippen MR) is 53.7 cm³/mol. The smallest absolute Gasteiger partial charge is 0.217 e. The topological polar surface area (TPSA) is 136 Å². The van der Waals surface area contributed by atoms with Crippen LogP contribution in [-0.4, -0.2) is 51.9 Å². The zero-order valence-electron chi connectivity index (χ0n) is 9.87. The number of carboxylic acid groups (broad SMARTS) is 1. The normalized spacial score (nSPS) is 35.9. The van der Waals surface area contributed by atoms with Gasteiger partial charge >= 0.3 is 0 Å². The van der Waals surface area contributed by atoms with E-state index in [1.165, 1.54) is 6.92 Å². The molecular weight excluding hydrogens is 246 g/mol. The summed E-state index contributed by atoms with van der Waals surface area (Å²) in [5, 5.41) is 32.3. The molecule has 1 rings (SSSR count). The minimum Gasteiger partial charge on any atom is -0.544 e. The highest BCUT2D eigenvalue weighted by atomic mass is 16.7. The fourth-order valence-corrected chi connectivity index (χ4v) is 1.82. The summed E-state index contributed by atoms with van der Waals surface area (Å²) in [7, 11) is 0. The van der Waals surface area contributed by atoms with Crippen molar-refractivity contribution in [2.75, 3.05) is 0 Å². The van der Waals surface area contributed by atoms with Gasteiger partial charge in [0.1, 0.15) is 12.1 Å². The fourth-order valence-electron chi connectivity index (χ4n) is 1.82. The number of aliphatic carboxylic acids is 1. The number of hydrogen-bond donors (Lipinski definition) is 3. The molecule has 1 amide bonds. The van der Waals surface area contributed by atoms with Crippen LogP contribution in [0.25, 0.3) is 0 Å². The number of hydrogen-bond acceptors (Lipinski definition) is 7. The Balaban J connectivity index is 3.00. The highest BCUT2D eigenvalue weighted by molar-refractivity contribution is 5.84. The van der Waals surface area contributed by atoms with Crippen LogP contribution in [0.4, 0.5) is 0 Å². The Hall–Kier alpha value is -1.51. The third kappa shape index (κ3) is 2.84. The van der Waals surface area contributed by atoms with E-state index >= 15 is 0 Å². The lowest BCUT2D eigenvalue weighted by Crippen LogP contribution is -2.66. The summed E-state index contributed by atoms with van der Waals surface area (Å²) in [6.45, 7) is 2.26. The molecule has 1 heterocycles. The summed E-state index contributed by atoms with van der Waals surface area (Å²) < 4.78 is 4.75. The Kier molecular flexibility index (Phi) is 4.05. The highest BCUT2D eigenvalue weighted by Gasteiger charge is 2.48. The number of carbonyl (C=O) groups is 3. The molecule has 18 heavy (non-hydrogen) atoms. The van der Waals surface area contributed by atoms with Crippen molar-refractivity contribution < 1.29 is 34.4 Å². The van der Waals surface area contributed by atoms with Gasteiger partial charge in [0, 0.05) is 13.3 Å². The van der Waals surface area contributed by atoms with E-state index in [4.69, 9.17) is 4.74 Å². The molecule has 0 radical (unpaired) electrons. The van der Waals surface area contributed by atoms with E-state index in [2.05, 4.69) is 5.32 Å². The van der Waals surface area contributed by atoms with E-state index < -0.39 is 48.1 Å². The van der Waals surface area contributed by atoms with Gasteiger partial charge in [0.2, 0.25) is 11.7 Å². The molecule has 0 aromatic rings. The van der Waals surface area contributed by atoms with Gasteiger partial charge < -0.3 is 30.2 Å². The first-order valence-electron chi connectivity index (χ1n) is 5.24. The summed E-state index contributed by atoms with van der Waals surface area (Å²) in [5.41, 5.74) is 0. The third-order valence-electron chi connectivity index (χ3n) is 2.64. The molecule has 3 N–H and O–H groups in total. The van der Waals surface area contributed by atoms with Gasteiger partial charge in [-0.25, -0.2) is 0 Å². The molecule has 8 heteroatoms. The van der Waals surface area contributed by atoms with Crippen molar-refractivity contribution in [1.29, 1.82) is 0 Å². The van der Waals surface area contributed by atoms with E-state index in [-0.39, 0.29) is 0 Å². The summed E-state index contributed by atoms with van der Waals surface area (Å²) in [6, 6.07) is -1.11. The number of amides is 1. The summed E-state index contributed by atoms with van der Waals surface area (Å²) >= 11 is 0. The van der Waals surface area contributed by atoms with Gasteiger partial charge in [-0.3, -0.25) is 9.59 Å². The van der Waals surface area contributed by atoms with Crippen molar-refractivity contribution in [2.45, 2.75) is 44.3 Å². The lowest BCUT2D eigenvalue weighted by atomic mass is 9.91. The maximum absolute atomic E-state index is 11.3. The van der Waals surface area contributed by atoms with E-state index in [0.717, 1.165) is 6.92 Å². The van der Waals surface area contributed by atoms with Gasteiger partial charge in [-0.1, -0.05) is 0 Å². The van der Waals surface area contributed by atoms with Crippen LogP contribution in [0.1, 0.15) is 20.3 Å². The molecule has 4 atom stereocenters. The largest absolute Gasteiger partial charge is 0.544 e. The molecular formula is C10H14NO7-. The Bertz CT molecular complexity index is 382. The van der Waals surface area contributed by atoms with Gasteiger partial charge in [-0.15, -0.1) is 0 Å². The second-order valence-corrected chi connectivity index (χ2v) is 4.22. The monoisotopic (exact) mass is 260 g/mol. The molecule has 1 fully saturated rings. The second-order valence-electron chi connectivity index (χ2n) is 4.22. The number of ether oxygens (including phenoxy) is 1. The average molecular weight is 260 g/mol. The first kappa shape index (κ1) is 14.6. The van der Waals surface area contributed by atoms with E-state index in [0.29, 0.717) is 0 Å². The van der Waals surface area contributed by atoms with E-state index in [9.17, 15) is 29.7 Å². The summed E-state index contributed by atoms with van der Waals surface area (Å²) in [4.78, 5) is 33.0.